The van der Waals surface area contributed by atoms with Crippen LogP contribution < -0.4 is 5.73 Å². The molecule has 0 aliphatic carbocycles. The molecule has 1 aromatic heterocycles. The summed E-state index contributed by atoms with van der Waals surface area (Å²) in [4.78, 5) is 8.85. The van der Waals surface area contributed by atoms with Crippen LogP contribution in [0.25, 0.3) is 10.9 Å². The van der Waals surface area contributed by atoms with E-state index in [1.54, 1.807) is 0 Å². The van der Waals surface area contributed by atoms with Gasteiger partial charge in [0.1, 0.15) is 11.6 Å². The molecule has 1 unspecified atom stereocenters. The third-order valence-corrected chi connectivity index (χ3v) is 2.70. The monoisotopic (exact) mass is 201 g/mol. The van der Waals surface area contributed by atoms with Crippen LogP contribution in [0.2, 0.25) is 0 Å². The van der Waals surface area contributed by atoms with Gasteiger partial charge >= 0.3 is 0 Å². The summed E-state index contributed by atoms with van der Waals surface area (Å²) >= 11 is 0. The maximum atomic E-state index is 5.90. The van der Waals surface area contributed by atoms with Crippen molar-refractivity contribution in [2.45, 2.75) is 26.2 Å². The molecule has 1 heterocycles. The number of nitrogens with zero attached hydrogens (tertiary/aromatic N) is 2. The third kappa shape index (κ3) is 1.77. The molecule has 1 aromatic carbocycles. The molecular formula is C12H15N3. The molecule has 3 heteroatoms. The van der Waals surface area contributed by atoms with Gasteiger partial charge in [-0.2, -0.15) is 0 Å². The molecule has 0 radical (unpaired) electrons. The summed E-state index contributed by atoms with van der Waals surface area (Å²) in [6.45, 7) is 4.24. The van der Waals surface area contributed by atoms with Gasteiger partial charge in [0.2, 0.25) is 0 Å². The van der Waals surface area contributed by atoms with Crippen molar-refractivity contribution in [3.8, 4) is 0 Å². The molecule has 2 aromatic rings. The zero-order chi connectivity index (χ0) is 10.8. The first kappa shape index (κ1) is 9.90. The second-order valence-electron chi connectivity index (χ2n) is 3.79. The van der Waals surface area contributed by atoms with Gasteiger partial charge < -0.3 is 5.73 Å². The van der Waals surface area contributed by atoms with Gasteiger partial charge in [0.15, 0.2) is 0 Å². The van der Waals surface area contributed by atoms with Crippen molar-refractivity contribution in [3.05, 3.63) is 30.1 Å². The van der Waals surface area contributed by atoms with Crippen LogP contribution in [0.15, 0.2) is 24.3 Å². The van der Waals surface area contributed by atoms with Crippen molar-refractivity contribution < 1.29 is 0 Å². The fraction of sp³-hybridized carbons (Fsp3) is 0.333. The number of rotatable bonds is 2. The Morgan fingerprint density at radius 3 is 2.73 bits per heavy atom. The minimum Gasteiger partial charge on any atom is -0.383 e. The maximum absolute atomic E-state index is 5.90. The SMILES string of the molecule is CCC(C)c1nc(N)c2ccccc2n1. The highest BCUT2D eigenvalue weighted by molar-refractivity contribution is 5.87. The van der Waals surface area contributed by atoms with Gasteiger partial charge in [-0.3, -0.25) is 0 Å². The van der Waals surface area contributed by atoms with Crippen LogP contribution in [-0.2, 0) is 0 Å². The van der Waals surface area contributed by atoms with Crippen LogP contribution in [0, 0.1) is 0 Å². The smallest absolute Gasteiger partial charge is 0.135 e. The Morgan fingerprint density at radius 1 is 1.27 bits per heavy atom. The topological polar surface area (TPSA) is 51.8 Å². The Morgan fingerprint density at radius 2 is 2.00 bits per heavy atom. The van der Waals surface area contributed by atoms with Gasteiger partial charge in [0.05, 0.1) is 5.52 Å². The molecule has 0 spiro atoms. The predicted molar refractivity (Wildman–Crippen MR) is 62.7 cm³/mol. The Labute approximate surface area is 89.4 Å². The first-order valence-electron chi connectivity index (χ1n) is 5.24. The number of benzene rings is 1. The van der Waals surface area contributed by atoms with Crippen molar-refractivity contribution in [2.24, 2.45) is 0 Å². The maximum Gasteiger partial charge on any atom is 0.135 e. The fourth-order valence-corrected chi connectivity index (χ4v) is 1.52. The summed E-state index contributed by atoms with van der Waals surface area (Å²) in [5, 5.41) is 0.935. The third-order valence-electron chi connectivity index (χ3n) is 2.70. The number of hydrogen-bond acceptors (Lipinski definition) is 3. The Kier molecular flexibility index (Phi) is 2.54. The lowest BCUT2D eigenvalue weighted by atomic mass is 10.1. The molecule has 78 valence electrons. The minimum absolute atomic E-state index is 0.358. The normalized spacial score (nSPS) is 12.9. The summed E-state index contributed by atoms with van der Waals surface area (Å²) < 4.78 is 0. The molecule has 2 N–H and O–H groups in total. The molecule has 0 aliphatic rings. The fourth-order valence-electron chi connectivity index (χ4n) is 1.52. The number of anilines is 1. The average Bonchev–Trinajstić information content (AvgIpc) is 2.28. The van der Waals surface area contributed by atoms with E-state index in [1.165, 1.54) is 0 Å². The lowest BCUT2D eigenvalue weighted by Crippen LogP contribution is -2.03. The second kappa shape index (κ2) is 3.85. The molecule has 0 fully saturated rings. The first-order chi connectivity index (χ1) is 7.22. The van der Waals surface area contributed by atoms with Crippen LogP contribution in [0.3, 0.4) is 0 Å². The Balaban J connectivity index is 2.62. The van der Waals surface area contributed by atoms with E-state index in [0.717, 1.165) is 23.1 Å². The molecule has 0 aliphatic heterocycles. The molecule has 3 nitrogen and oxygen atoms in total. The molecule has 0 bridgehead atoms. The largest absolute Gasteiger partial charge is 0.383 e. The number of hydrogen-bond donors (Lipinski definition) is 1. The van der Waals surface area contributed by atoms with Crippen LogP contribution in [-0.4, -0.2) is 9.97 Å². The summed E-state index contributed by atoms with van der Waals surface area (Å²) in [6.07, 6.45) is 1.03. The van der Waals surface area contributed by atoms with Crippen LogP contribution in [0.1, 0.15) is 32.0 Å². The number of fused-ring (bicyclic) bond motifs is 1. The second-order valence-corrected chi connectivity index (χ2v) is 3.79. The lowest BCUT2D eigenvalue weighted by molar-refractivity contribution is 0.684. The highest BCUT2D eigenvalue weighted by Crippen LogP contribution is 2.21. The number of nitrogen functional groups attached to an aromatic ring is 1. The molecule has 15 heavy (non-hydrogen) atoms. The quantitative estimate of drug-likeness (QED) is 0.812. The van der Waals surface area contributed by atoms with Gasteiger partial charge in [-0.15, -0.1) is 0 Å². The van der Waals surface area contributed by atoms with E-state index in [1.807, 2.05) is 24.3 Å². The van der Waals surface area contributed by atoms with E-state index in [2.05, 4.69) is 23.8 Å². The van der Waals surface area contributed by atoms with Gasteiger partial charge in [0.25, 0.3) is 0 Å². The number of aromatic nitrogens is 2. The first-order valence-corrected chi connectivity index (χ1v) is 5.24. The predicted octanol–water partition coefficient (Wildman–Crippen LogP) is 2.73. The zero-order valence-electron chi connectivity index (χ0n) is 9.07. The Bertz CT molecular complexity index is 479. The van der Waals surface area contributed by atoms with E-state index in [-0.39, 0.29) is 0 Å². The van der Waals surface area contributed by atoms with Crippen molar-refractivity contribution >= 4 is 16.7 Å². The minimum atomic E-state index is 0.358. The van der Waals surface area contributed by atoms with Crippen LogP contribution in [0.4, 0.5) is 5.82 Å². The van der Waals surface area contributed by atoms with Crippen molar-refractivity contribution in [1.29, 1.82) is 0 Å². The van der Waals surface area contributed by atoms with Gasteiger partial charge in [-0.05, 0) is 18.6 Å². The zero-order valence-corrected chi connectivity index (χ0v) is 9.07. The molecule has 2 rings (SSSR count). The van der Waals surface area contributed by atoms with E-state index < -0.39 is 0 Å². The van der Waals surface area contributed by atoms with Gasteiger partial charge in [0, 0.05) is 11.3 Å². The Hall–Kier alpha value is -1.64. The van der Waals surface area contributed by atoms with Crippen molar-refractivity contribution in [3.63, 3.8) is 0 Å². The van der Waals surface area contributed by atoms with Gasteiger partial charge in [-0.1, -0.05) is 26.0 Å². The van der Waals surface area contributed by atoms with E-state index in [4.69, 9.17) is 5.73 Å². The summed E-state index contributed by atoms with van der Waals surface area (Å²) in [5.74, 6) is 1.78. The molecule has 0 saturated carbocycles. The van der Waals surface area contributed by atoms with E-state index in [9.17, 15) is 0 Å². The van der Waals surface area contributed by atoms with Crippen LogP contribution >= 0.6 is 0 Å². The van der Waals surface area contributed by atoms with Crippen LogP contribution in [0.5, 0.6) is 0 Å². The van der Waals surface area contributed by atoms with Crippen molar-refractivity contribution in [2.75, 3.05) is 5.73 Å². The molecule has 0 saturated heterocycles. The molecule has 0 amide bonds. The van der Waals surface area contributed by atoms with Crippen molar-refractivity contribution in [1.82, 2.24) is 9.97 Å². The standard InChI is InChI=1S/C12H15N3/c1-3-8(2)12-14-10-7-5-4-6-9(10)11(13)15-12/h4-8H,3H2,1-2H3,(H2,13,14,15). The average molecular weight is 201 g/mol. The highest BCUT2D eigenvalue weighted by Gasteiger charge is 2.09. The van der Waals surface area contributed by atoms with Gasteiger partial charge in [-0.25, -0.2) is 9.97 Å². The number of para-hydroxylation sites is 1. The summed E-state index contributed by atoms with van der Waals surface area (Å²) in [5.41, 5.74) is 6.83. The highest BCUT2D eigenvalue weighted by atomic mass is 14.9. The molecular weight excluding hydrogens is 186 g/mol. The summed E-state index contributed by atoms with van der Waals surface area (Å²) in [7, 11) is 0. The van der Waals surface area contributed by atoms with E-state index in [0.29, 0.717) is 11.7 Å². The van der Waals surface area contributed by atoms with E-state index >= 15 is 0 Å². The lowest BCUT2D eigenvalue weighted by Gasteiger charge is -2.09. The summed E-state index contributed by atoms with van der Waals surface area (Å²) in [6, 6.07) is 7.84. The molecule has 1 atom stereocenters. The number of nitrogens with two attached hydrogens (primary N) is 1.